The summed E-state index contributed by atoms with van der Waals surface area (Å²) in [5, 5.41) is 3.53. The summed E-state index contributed by atoms with van der Waals surface area (Å²) in [5.41, 5.74) is 0.749. The van der Waals surface area contributed by atoms with Gasteiger partial charge in [-0.2, -0.15) is 11.8 Å². The number of thioether (sulfide) groups is 1. The lowest BCUT2D eigenvalue weighted by Gasteiger charge is -2.28. The van der Waals surface area contributed by atoms with Gasteiger partial charge in [0.25, 0.3) is 0 Å². The van der Waals surface area contributed by atoms with Crippen molar-refractivity contribution in [1.29, 1.82) is 0 Å². The molecule has 0 aliphatic heterocycles. The summed E-state index contributed by atoms with van der Waals surface area (Å²) in [6, 6.07) is 6.41. The first-order chi connectivity index (χ1) is 13.5. The Morgan fingerprint density at radius 1 is 1.18 bits per heavy atom. The number of halogens is 1. The summed E-state index contributed by atoms with van der Waals surface area (Å²) in [7, 11) is 1.66. The van der Waals surface area contributed by atoms with Gasteiger partial charge in [-0.3, -0.25) is 9.59 Å². The molecule has 7 heteroatoms. The fourth-order valence-corrected chi connectivity index (χ4v) is 3.35. The van der Waals surface area contributed by atoms with Gasteiger partial charge in [-0.1, -0.05) is 43.5 Å². The van der Waals surface area contributed by atoms with Gasteiger partial charge in [0.15, 0.2) is 0 Å². The highest BCUT2D eigenvalue weighted by Gasteiger charge is 2.27. The molecule has 2 amide bonds. The van der Waals surface area contributed by atoms with Crippen LogP contribution in [0.15, 0.2) is 24.3 Å². The standard InChI is InChI=1S/C21H33ClN2O3S/c1-4-5-6-13-24(14-7-15-27-2)21(26)20(23-19(25)12-16-28-3)17-8-10-18(22)11-9-17/h8-11,20H,4-7,12-16H2,1-3H3,(H,23,25)/t20-/m0/s1. The van der Waals surface area contributed by atoms with Gasteiger partial charge < -0.3 is 15.0 Å². The Kier molecular flexibility index (Phi) is 13.0. The van der Waals surface area contributed by atoms with Crippen LogP contribution in [0.25, 0.3) is 0 Å². The van der Waals surface area contributed by atoms with Crippen LogP contribution in [0, 0.1) is 0 Å². The van der Waals surface area contributed by atoms with Crippen molar-refractivity contribution >= 4 is 35.2 Å². The van der Waals surface area contributed by atoms with Gasteiger partial charge in [0.05, 0.1) is 0 Å². The highest BCUT2D eigenvalue weighted by atomic mass is 35.5. The zero-order valence-electron chi connectivity index (χ0n) is 17.2. The van der Waals surface area contributed by atoms with Crippen LogP contribution in [0.1, 0.15) is 50.6 Å². The molecule has 0 aliphatic rings. The zero-order chi connectivity index (χ0) is 20.8. The predicted octanol–water partition coefficient (Wildman–Crippen LogP) is 4.31. The molecule has 28 heavy (non-hydrogen) atoms. The molecule has 0 fully saturated rings. The summed E-state index contributed by atoms with van der Waals surface area (Å²) in [4.78, 5) is 27.6. The quantitative estimate of drug-likeness (QED) is 0.448. The van der Waals surface area contributed by atoms with Crippen molar-refractivity contribution in [2.45, 2.75) is 45.1 Å². The molecule has 0 radical (unpaired) electrons. The smallest absolute Gasteiger partial charge is 0.249 e. The number of nitrogens with zero attached hydrogens (tertiary/aromatic N) is 1. The molecule has 5 nitrogen and oxygen atoms in total. The van der Waals surface area contributed by atoms with Gasteiger partial charge in [-0.05, 0) is 36.8 Å². The molecule has 0 aliphatic carbocycles. The van der Waals surface area contributed by atoms with Crippen LogP contribution in [-0.2, 0) is 14.3 Å². The number of amides is 2. The van der Waals surface area contributed by atoms with E-state index in [1.807, 2.05) is 11.2 Å². The van der Waals surface area contributed by atoms with E-state index in [-0.39, 0.29) is 11.8 Å². The van der Waals surface area contributed by atoms with Gasteiger partial charge in [0.2, 0.25) is 11.8 Å². The van der Waals surface area contributed by atoms with E-state index in [0.29, 0.717) is 31.1 Å². The Bertz CT molecular complexity index is 574. The number of methoxy groups -OCH3 is 1. The van der Waals surface area contributed by atoms with Gasteiger partial charge in [0.1, 0.15) is 6.04 Å². The SMILES string of the molecule is CCCCCN(CCCOC)C(=O)[C@@H](NC(=O)CCSC)c1ccc(Cl)cc1. The third-order valence-electron chi connectivity index (χ3n) is 4.41. The van der Waals surface area contributed by atoms with Crippen molar-refractivity contribution in [2.75, 3.05) is 38.8 Å². The fraction of sp³-hybridized carbons (Fsp3) is 0.619. The minimum absolute atomic E-state index is 0.0768. The summed E-state index contributed by atoms with van der Waals surface area (Å²) in [6.45, 7) is 4.03. The fourth-order valence-electron chi connectivity index (χ4n) is 2.84. The first-order valence-electron chi connectivity index (χ1n) is 9.85. The van der Waals surface area contributed by atoms with E-state index in [4.69, 9.17) is 16.3 Å². The highest BCUT2D eigenvalue weighted by molar-refractivity contribution is 7.98. The number of benzene rings is 1. The minimum atomic E-state index is -0.698. The molecule has 1 rings (SSSR count). The Balaban J connectivity index is 2.98. The van der Waals surface area contributed by atoms with Crippen molar-refractivity contribution < 1.29 is 14.3 Å². The monoisotopic (exact) mass is 428 g/mol. The number of ether oxygens (including phenoxy) is 1. The number of nitrogens with one attached hydrogen (secondary N) is 1. The Morgan fingerprint density at radius 3 is 2.46 bits per heavy atom. The second kappa shape index (κ2) is 14.7. The maximum atomic E-state index is 13.4. The second-order valence-electron chi connectivity index (χ2n) is 6.67. The molecule has 1 N–H and O–H groups in total. The number of hydrogen-bond donors (Lipinski definition) is 1. The lowest BCUT2D eigenvalue weighted by atomic mass is 10.0. The number of unbranched alkanes of at least 4 members (excludes halogenated alkanes) is 2. The average molecular weight is 429 g/mol. The van der Waals surface area contributed by atoms with E-state index in [1.54, 1.807) is 43.1 Å². The van der Waals surface area contributed by atoms with Gasteiger partial charge in [-0.15, -0.1) is 0 Å². The molecule has 0 bridgehead atoms. The Morgan fingerprint density at radius 2 is 1.86 bits per heavy atom. The maximum Gasteiger partial charge on any atom is 0.249 e. The summed E-state index contributed by atoms with van der Waals surface area (Å²) in [6.07, 6.45) is 6.22. The van der Waals surface area contributed by atoms with Crippen LogP contribution >= 0.6 is 23.4 Å². The normalized spacial score (nSPS) is 11.9. The summed E-state index contributed by atoms with van der Waals surface area (Å²) < 4.78 is 5.14. The van der Waals surface area contributed by atoms with E-state index in [9.17, 15) is 9.59 Å². The van der Waals surface area contributed by atoms with Crippen LogP contribution in [0.4, 0.5) is 0 Å². The van der Waals surface area contributed by atoms with E-state index in [1.165, 1.54) is 0 Å². The van der Waals surface area contributed by atoms with Crippen molar-refractivity contribution in [3.63, 3.8) is 0 Å². The topological polar surface area (TPSA) is 58.6 Å². The van der Waals surface area contributed by atoms with Gasteiger partial charge in [0, 0.05) is 44.0 Å². The maximum absolute atomic E-state index is 13.4. The van der Waals surface area contributed by atoms with Crippen LogP contribution in [0.2, 0.25) is 5.02 Å². The zero-order valence-corrected chi connectivity index (χ0v) is 18.8. The van der Waals surface area contributed by atoms with Crippen LogP contribution < -0.4 is 5.32 Å². The minimum Gasteiger partial charge on any atom is -0.385 e. The van der Waals surface area contributed by atoms with Crippen molar-refractivity contribution in [1.82, 2.24) is 10.2 Å². The number of hydrogen-bond acceptors (Lipinski definition) is 4. The van der Waals surface area contributed by atoms with E-state index < -0.39 is 6.04 Å². The summed E-state index contributed by atoms with van der Waals surface area (Å²) in [5.74, 6) is 0.529. The first kappa shape index (κ1) is 24.8. The number of carbonyl (C=O) groups excluding carboxylic acids is 2. The lowest BCUT2D eigenvalue weighted by molar-refractivity contribution is -0.136. The van der Waals surface area contributed by atoms with Gasteiger partial charge in [-0.25, -0.2) is 0 Å². The average Bonchev–Trinajstić information content (AvgIpc) is 2.70. The molecule has 0 unspecified atom stereocenters. The van der Waals surface area contributed by atoms with Gasteiger partial charge >= 0.3 is 0 Å². The number of carbonyl (C=O) groups is 2. The molecule has 1 aromatic rings. The largest absolute Gasteiger partial charge is 0.385 e. The third-order valence-corrected chi connectivity index (χ3v) is 5.27. The van der Waals surface area contributed by atoms with Crippen LogP contribution in [0.3, 0.4) is 0 Å². The van der Waals surface area contributed by atoms with E-state index in [0.717, 1.165) is 37.0 Å². The molecule has 1 atom stereocenters. The molecule has 0 heterocycles. The van der Waals surface area contributed by atoms with Crippen molar-refractivity contribution in [3.05, 3.63) is 34.9 Å². The van der Waals surface area contributed by atoms with Crippen molar-refractivity contribution in [3.8, 4) is 0 Å². The molecular weight excluding hydrogens is 396 g/mol. The molecule has 0 spiro atoms. The predicted molar refractivity (Wildman–Crippen MR) is 118 cm³/mol. The Labute approximate surface area is 178 Å². The van der Waals surface area contributed by atoms with Crippen LogP contribution in [0.5, 0.6) is 0 Å². The first-order valence-corrected chi connectivity index (χ1v) is 11.6. The molecule has 1 aromatic carbocycles. The third kappa shape index (κ3) is 9.30. The number of rotatable bonds is 14. The lowest BCUT2D eigenvalue weighted by Crippen LogP contribution is -2.44. The highest BCUT2D eigenvalue weighted by Crippen LogP contribution is 2.20. The molecule has 0 aromatic heterocycles. The van der Waals surface area contributed by atoms with Crippen LogP contribution in [-0.4, -0.2) is 55.5 Å². The molecule has 158 valence electrons. The molecule has 0 saturated heterocycles. The molecule has 0 saturated carbocycles. The van der Waals surface area contributed by atoms with Crippen molar-refractivity contribution in [2.24, 2.45) is 0 Å². The van der Waals surface area contributed by atoms with E-state index >= 15 is 0 Å². The molecular formula is C21H33ClN2O3S. The summed E-state index contributed by atoms with van der Waals surface area (Å²) >= 11 is 7.61. The second-order valence-corrected chi connectivity index (χ2v) is 8.10. The van der Waals surface area contributed by atoms with E-state index in [2.05, 4.69) is 12.2 Å². The Hall–Kier alpha value is -1.24.